The molecular weight excluding hydrogens is 353 g/mol. The molecule has 0 saturated carbocycles. The molecule has 0 aliphatic heterocycles. The molecule has 0 bridgehead atoms. The highest BCUT2D eigenvalue weighted by Gasteiger charge is 2.21. The lowest BCUT2D eigenvalue weighted by molar-refractivity contribution is 0.0993. The first kappa shape index (κ1) is 17.2. The number of thioether (sulfide) groups is 1. The van der Waals surface area contributed by atoms with Crippen LogP contribution in [-0.4, -0.2) is 21.2 Å². The third-order valence-corrected chi connectivity index (χ3v) is 4.28. The Labute approximate surface area is 145 Å². The summed E-state index contributed by atoms with van der Waals surface area (Å²) >= 11 is 0.995. The van der Waals surface area contributed by atoms with Crippen LogP contribution in [0.15, 0.2) is 52.1 Å². The van der Waals surface area contributed by atoms with E-state index in [-0.39, 0.29) is 22.5 Å². The van der Waals surface area contributed by atoms with E-state index in [1.165, 1.54) is 30.3 Å². The Morgan fingerprint density at radius 1 is 1.04 bits per heavy atom. The fourth-order valence-electron chi connectivity index (χ4n) is 2.06. The van der Waals surface area contributed by atoms with Crippen LogP contribution in [0.4, 0.5) is 13.2 Å². The Bertz CT molecular complexity index is 913. The number of carbonyl (C=O) groups excluding carboxylic acids is 1. The number of nitrogens with zero attached hydrogens (tertiary/aromatic N) is 2. The van der Waals surface area contributed by atoms with Crippen LogP contribution in [0.1, 0.15) is 17.3 Å². The molecule has 0 aliphatic rings. The molecule has 0 amide bonds. The van der Waals surface area contributed by atoms with Gasteiger partial charge in [-0.15, -0.1) is 10.2 Å². The molecule has 0 unspecified atom stereocenters. The molecule has 1 atom stereocenters. The molecule has 2 aromatic carbocycles. The standard InChI is InChI=1S/C17H11F3N2O2S/c1-9(15(23)11-4-7-13(19)14(20)8-11)25-17-22-21-16(24-17)10-2-5-12(18)6-3-10/h2-9H,1H3/t9-/m1/s1. The van der Waals surface area contributed by atoms with Crippen LogP contribution in [0.2, 0.25) is 0 Å². The molecule has 0 radical (unpaired) electrons. The minimum atomic E-state index is -1.08. The van der Waals surface area contributed by atoms with Gasteiger partial charge in [0.25, 0.3) is 5.22 Å². The number of Topliss-reactive ketones (excluding diaryl/α,β-unsaturated/α-hetero) is 1. The van der Waals surface area contributed by atoms with Gasteiger partial charge < -0.3 is 4.42 Å². The highest BCUT2D eigenvalue weighted by atomic mass is 32.2. The fraction of sp³-hybridized carbons (Fsp3) is 0.118. The van der Waals surface area contributed by atoms with E-state index in [1.807, 2.05) is 0 Å². The number of benzene rings is 2. The van der Waals surface area contributed by atoms with E-state index in [0.717, 1.165) is 23.9 Å². The monoisotopic (exact) mass is 364 g/mol. The van der Waals surface area contributed by atoms with E-state index in [0.29, 0.717) is 5.56 Å². The third-order valence-electron chi connectivity index (χ3n) is 3.35. The van der Waals surface area contributed by atoms with Gasteiger partial charge in [0.15, 0.2) is 17.4 Å². The van der Waals surface area contributed by atoms with Crippen LogP contribution in [-0.2, 0) is 0 Å². The zero-order valence-electron chi connectivity index (χ0n) is 12.9. The number of ketones is 1. The number of hydrogen-bond donors (Lipinski definition) is 0. The van der Waals surface area contributed by atoms with Crippen molar-refractivity contribution in [3.05, 3.63) is 65.5 Å². The first-order valence-electron chi connectivity index (χ1n) is 7.19. The van der Waals surface area contributed by atoms with E-state index >= 15 is 0 Å². The van der Waals surface area contributed by atoms with Gasteiger partial charge in [0.1, 0.15) is 5.82 Å². The first-order valence-corrected chi connectivity index (χ1v) is 8.07. The molecule has 1 aromatic heterocycles. The summed E-state index contributed by atoms with van der Waals surface area (Å²) in [6.45, 7) is 1.59. The molecule has 3 aromatic rings. The average Bonchev–Trinajstić information content (AvgIpc) is 3.05. The SMILES string of the molecule is C[C@@H](Sc1nnc(-c2ccc(F)cc2)o1)C(=O)c1ccc(F)c(F)c1. The van der Waals surface area contributed by atoms with Crippen LogP contribution >= 0.6 is 11.8 Å². The predicted octanol–water partition coefficient (Wildman–Crippen LogP) is 4.52. The number of hydrogen-bond acceptors (Lipinski definition) is 5. The average molecular weight is 364 g/mol. The molecule has 1 heterocycles. The lowest BCUT2D eigenvalue weighted by atomic mass is 10.1. The van der Waals surface area contributed by atoms with Gasteiger partial charge in [0, 0.05) is 11.1 Å². The van der Waals surface area contributed by atoms with Gasteiger partial charge in [-0.1, -0.05) is 11.8 Å². The quantitative estimate of drug-likeness (QED) is 0.492. The Kier molecular flexibility index (Phi) is 4.89. The highest BCUT2D eigenvalue weighted by molar-refractivity contribution is 8.00. The Morgan fingerprint density at radius 3 is 2.44 bits per heavy atom. The maximum Gasteiger partial charge on any atom is 0.277 e. The molecular formula is C17H11F3N2O2S. The number of aromatic nitrogens is 2. The minimum Gasteiger partial charge on any atom is -0.411 e. The zero-order valence-corrected chi connectivity index (χ0v) is 13.7. The van der Waals surface area contributed by atoms with Crippen molar-refractivity contribution in [3.8, 4) is 11.5 Å². The molecule has 4 nitrogen and oxygen atoms in total. The summed E-state index contributed by atoms with van der Waals surface area (Å²) in [6, 6.07) is 8.49. The molecule has 0 aliphatic carbocycles. The fourth-order valence-corrected chi connectivity index (χ4v) is 2.82. The third kappa shape index (κ3) is 3.90. The van der Waals surface area contributed by atoms with Gasteiger partial charge in [-0.25, -0.2) is 13.2 Å². The van der Waals surface area contributed by atoms with Crippen molar-refractivity contribution in [1.29, 1.82) is 0 Å². The largest absolute Gasteiger partial charge is 0.411 e. The van der Waals surface area contributed by atoms with Crippen molar-refractivity contribution in [2.75, 3.05) is 0 Å². The Hall–Kier alpha value is -2.61. The van der Waals surface area contributed by atoms with E-state index in [4.69, 9.17) is 4.42 Å². The van der Waals surface area contributed by atoms with Crippen molar-refractivity contribution >= 4 is 17.5 Å². The number of rotatable bonds is 5. The maximum absolute atomic E-state index is 13.2. The van der Waals surface area contributed by atoms with Crippen LogP contribution < -0.4 is 0 Å². The smallest absolute Gasteiger partial charge is 0.277 e. The predicted molar refractivity (Wildman–Crippen MR) is 85.7 cm³/mol. The second kappa shape index (κ2) is 7.10. The zero-order chi connectivity index (χ0) is 18.0. The van der Waals surface area contributed by atoms with Gasteiger partial charge in [-0.3, -0.25) is 4.79 Å². The van der Waals surface area contributed by atoms with Crippen LogP contribution in [0.5, 0.6) is 0 Å². The number of carbonyl (C=O) groups is 1. The van der Waals surface area contributed by atoms with Crippen molar-refractivity contribution in [1.82, 2.24) is 10.2 Å². The summed E-state index contributed by atoms with van der Waals surface area (Å²) in [5.41, 5.74) is 0.595. The van der Waals surface area contributed by atoms with E-state index in [2.05, 4.69) is 10.2 Å². The van der Waals surface area contributed by atoms with Crippen molar-refractivity contribution in [2.24, 2.45) is 0 Å². The summed E-state index contributed by atoms with van der Waals surface area (Å²) in [6.07, 6.45) is 0. The first-order chi connectivity index (χ1) is 11.9. The summed E-state index contributed by atoms with van der Waals surface area (Å²) in [7, 11) is 0. The maximum atomic E-state index is 13.2. The summed E-state index contributed by atoms with van der Waals surface area (Å²) in [5, 5.41) is 7.17. The van der Waals surface area contributed by atoms with Gasteiger partial charge in [-0.05, 0) is 49.4 Å². The molecule has 3 rings (SSSR count). The van der Waals surface area contributed by atoms with Crippen LogP contribution in [0.25, 0.3) is 11.5 Å². The highest BCUT2D eigenvalue weighted by Crippen LogP contribution is 2.28. The molecule has 0 fully saturated rings. The second-order valence-electron chi connectivity index (χ2n) is 5.13. The van der Waals surface area contributed by atoms with Crippen molar-refractivity contribution in [2.45, 2.75) is 17.4 Å². The molecule has 128 valence electrons. The summed E-state index contributed by atoms with van der Waals surface area (Å²) < 4.78 is 44.6. The van der Waals surface area contributed by atoms with E-state index in [1.54, 1.807) is 6.92 Å². The van der Waals surface area contributed by atoms with Crippen molar-refractivity contribution < 1.29 is 22.4 Å². The minimum absolute atomic E-state index is 0.0529. The lowest BCUT2D eigenvalue weighted by Gasteiger charge is -2.07. The topological polar surface area (TPSA) is 56.0 Å². The van der Waals surface area contributed by atoms with Gasteiger partial charge >= 0.3 is 0 Å². The second-order valence-corrected chi connectivity index (χ2v) is 6.43. The van der Waals surface area contributed by atoms with Crippen LogP contribution in [0.3, 0.4) is 0 Å². The van der Waals surface area contributed by atoms with E-state index < -0.39 is 22.7 Å². The molecule has 0 spiro atoms. The van der Waals surface area contributed by atoms with Crippen molar-refractivity contribution in [3.63, 3.8) is 0 Å². The van der Waals surface area contributed by atoms with Gasteiger partial charge in [0.05, 0.1) is 5.25 Å². The van der Waals surface area contributed by atoms with Gasteiger partial charge in [-0.2, -0.15) is 0 Å². The Balaban J connectivity index is 1.72. The van der Waals surface area contributed by atoms with E-state index in [9.17, 15) is 18.0 Å². The normalized spacial score (nSPS) is 12.2. The Morgan fingerprint density at radius 2 is 1.76 bits per heavy atom. The number of halogens is 3. The summed E-state index contributed by atoms with van der Waals surface area (Å²) in [4.78, 5) is 12.3. The molecule has 0 saturated heterocycles. The lowest BCUT2D eigenvalue weighted by Crippen LogP contribution is -2.14. The molecule has 25 heavy (non-hydrogen) atoms. The van der Waals surface area contributed by atoms with Crippen LogP contribution in [0, 0.1) is 17.5 Å². The van der Waals surface area contributed by atoms with Gasteiger partial charge in [0.2, 0.25) is 5.89 Å². The molecule has 0 N–H and O–H groups in total. The summed E-state index contributed by atoms with van der Waals surface area (Å²) in [5.74, 6) is -2.69. The molecule has 8 heteroatoms.